The number of nitrogen functional groups attached to an aromatic ring is 1. The van der Waals surface area contributed by atoms with Gasteiger partial charge in [0.05, 0.1) is 10.0 Å². The summed E-state index contributed by atoms with van der Waals surface area (Å²) in [6.07, 6.45) is 4.87. The van der Waals surface area contributed by atoms with Crippen LogP contribution in [0.4, 0.5) is 5.69 Å². The van der Waals surface area contributed by atoms with Gasteiger partial charge in [-0.2, -0.15) is 0 Å². The van der Waals surface area contributed by atoms with Crippen molar-refractivity contribution < 1.29 is 8.42 Å². The molecule has 2 unspecified atom stereocenters. The first-order valence-electron chi connectivity index (χ1n) is 7.06. The fourth-order valence-corrected chi connectivity index (χ4v) is 5.26. The van der Waals surface area contributed by atoms with Crippen LogP contribution in [0.1, 0.15) is 39.0 Å². The van der Waals surface area contributed by atoms with E-state index in [2.05, 4.69) is 11.6 Å². The lowest BCUT2D eigenvalue weighted by molar-refractivity contribution is 0.484. The molecule has 0 aromatic heterocycles. The normalized spacial score (nSPS) is 23.8. The van der Waals surface area contributed by atoms with Crippen LogP contribution in [0.25, 0.3) is 0 Å². The van der Waals surface area contributed by atoms with Crippen molar-refractivity contribution in [3.63, 3.8) is 0 Å². The Morgan fingerprint density at radius 3 is 2.38 bits per heavy atom. The van der Waals surface area contributed by atoms with Crippen molar-refractivity contribution >= 4 is 38.9 Å². The molecule has 7 heteroatoms. The van der Waals surface area contributed by atoms with Crippen LogP contribution in [-0.2, 0) is 10.0 Å². The topological polar surface area (TPSA) is 72.2 Å². The van der Waals surface area contributed by atoms with Crippen molar-refractivity contribution in [2.45, 2.75) is 50.0 Å². The van der Waals surface area contributed by atoms with Crippen molar-refractivity contribution in [1.29, 1.82) is 0 Å². The Hall–Kier alpha value is -0.490. The highest BCUT2D eigenvalue weighted by molar-refractivity contribution is 7.89. The summed E-state index contributed by atoms with van der Waals surface area (Å²) in [6.45, 7) is 2.20. The van der Waals surface area contributed by atoms with Gasteiger partial charge in [0.2, 0.25) is 10.0 Å². The molecular formula is C14H20Cl2N2O2S. The molecule has 0 saturated heterocycles. The van der Waals surface area contributed by atoms with E-state index in [9.17, 15) is 8.42 Å². The molecule has 1 saturated carbocycles. The molecular weight excluding hydrogens is 331 g/mol. The molecule has 0 aliphatic heterocycles. The second-order valence-electron chi connectivity index (χ2n) is 5.75. The number of halogens is 2. The minimum atomic E-state index is -3.74. The number of nitrogens with one attached hydrogen (secondary N) is 1. The van der Waals surface area contributed by atoms with Crippen LogP contribution >= 0.6 is 23.2 Å². The lowest BCUT2D eigenvalue weighted by Crippen LogP contribution is -2.34. The Morgan fingerprint density at radius 1 is 1.14 bits per heavy atom. The molecule has 0 spiro atoms. The Morgan fingerprint density at radius 2 is 1.76 bits per heavy atom. The molecule has 118 valence electrons. The van der Waals surface area contributed by atoms with Gasteiger partial charge in [-0.1, -0.05) is 43.0 Å². The lowest BCUT2D eigenvalue weighted by atomic mass is 10.0. The summed E-state index contributed by atoms with van der Waals surface area (Å²) >= 11 is 12.0. The van der Waals surface area contributed by atoms with E-state index in [4.69, 9.17) is 28.9 Å². The summed E-state index contributed by atoms with van der Waals surface area (Å²) in [5.74, 6) is 0.642. The molecule has 0 radical (unpaired) electrons. The Balaban J connectivity index is 2.23. The number of rotatable bonds is 3. The SMILES string of the molecule is CC1CCCC(NS(=O)(=O)c2c(Cl)cc(N)cc2Cl)CC1. The van der Waals surface area contributed by atoms with Crippen LogP contribution in [0.2, 0.25) is 10.0 Å². The smallest absolute Gasteiger partial charge is 0.243 e. The number of anilines is 1. The average molecular weight is 351 g/mol. The highest BCUT2D eigenvalue weighted by Gasteiger charge is 2.26. The molecule has 1 fully saturated rings. The van der Waals surface area contributed by atoms with Gasteiger partial charge in [0, 0.05) is 11.7 Å². The predicted molar refractivity (Wildman–Crippen MR) is 87.2 cm³/mol. The first-order valence-corrected chi connectivity index (χ1v) is 9.30. The van der Waals surface area contributed by atoms with Crippen LogP contribution in [0.3, 0.4) is 0 Å². The molecule has 2 atom stereocenters. The van der Waals surface area contributed by atoms with Gasteiger partial charge in [0.1, 0.15) is 4.90 Å². The highest BCUT2D eigenvalue weighted by Crippen LogP contribution is 2.32. The minimum Gasteiger partial charge on any atom is -0.399 e. The predicted octanol–water partition coefficient (Wildman–Crippen LogP) is 3.82. The minimum absolute atomic E-state index is 0.0505. The molecule has 4 nitrogen and oxygen atoms in total. The Labute approximate surface area is 136 Å². The van der Waals surface area contributed by atoms with Gasteiger partial charge in [0.15, 0.2) is 0 Å². The zero-order valence-electron chi connectivity index (χ0n) is 11.9. The molecule has 1 aromatic carbocycles. The van der Waals surface area contributed by atoms with Crippen LogP contribution in [0.5, 0.6) is 0 Å². The summed E-state index contributed by atoms with van der Waals surface area (Å²) < 4.78 is 27.8. The molecule has 1 aliphatic carbocycles. The van der Waals surface area contributed by atoms with Crippen molar-refractivity contribution in [1.82, 2.24) is 4.72 Å². The van der Waals surface area contributed by atoms with Gasteiger partial charge in [-0.15, -0.1) is 0 Å². The van der Waals surface area contributed by atoms with E-state index >= 15 is 0 Å². The number of hydrogen-bond acceptors (Lipinski definition) is 3. The maximum atomic E-state index is 12.5. The monoisotopic (exact) mass is 350 g/mol. The molecule has 1 aliphatic rings. The number of hydrogen-bond donors (Lipinski definition) is 2. The van der Waals surface area contributed by atoms with Gasteiger partial charge in [-0.05, 0) is 37.3 Å². The summed E-state index contributed by atoms with van der Waals surface area (Å²) in [7, 11) is -3.74. The van der Waals surface area contributed by atoms with Crippen LogP contribution < -0.4 is 10.5 Å². The van der Waals surface area contributed by atoms with Gasteiger partial charge in [0.25, 0.3) is 0 Å². The maximum Gasteiger partial charge on any atom is 0.243 e. The van der Waals surface area contributed by atoms with E-state index in [1.807, 2.05) is 0 Å². The quantitative estimate of drug-likeness (QED) is 0.642. The second-order valence-corrected chi connectivity index (χ2v) is 8.21. The molecule has 0 bridgehead atoms. The zero-order chi connectivity index (χ0) is 15.6. The zero-order valence-corrected chi connectivity index (χ0v) is 14.2. The van der Waals surface area contributed by atoms with Gasteiger partial charge < -0.3 is 5.73 Å². The average Bonchev–Trinajstić information content (AvgIpc) is 2.52. The Bertz CT molecular complexity index is 596. The van der Waals surface area contributed by atoms with Crippen molar-refractivity contribution in [3.8, 4) is 0 Å². The fourth-order valence-electron chi connectivity index (χ4n) is 2.72. The summed E-state index contributed by atoms with van der Waals surface area (Å²) in [5, 5.41) is 0.101. The van der Waals surface area contributed by atoms with E-state index in [1.165, 1.54) is 12.1 Å². The van der Waals surface area contributed by atoms with E-state index in [-0.39, 0.29) is 21.0 Å². The molecule has 21 heavy (non-hydrogen) atoms. The third-order valence-electron chi connectivity index (χ3n) is 3.87. The van der Waals surface area contributed by atoms with Crippen LogP contribution in [0.15, 0.2) is 17.0 Å². The maximum absolute atomic E-state index is 12.5. The molecule has 3 N–H and O–H groups in total. The van der Waals surface area contributed by atoms with Crippen molar-refractivity contribution in [3.05, 3.63) is 22.2 Å². The van der Waals surface area contributed by atoms with E-state index < -0.39 is 10.0 Å². The third-order valence-corrected chi connectivity index (χ3v) is 6.31. The number of nitrogens with two attached hydrogens (primary N) is 1. The fraction of sp³-hybridized carbons (Fsp3) is 0.571. The third kappa shape index (κ3) is 4.25. The van der Waals surface area contributed by atoms with E-state index in [0.29, 0.717) is 11.6 Å². The first kappa shape index (κ1) is 16.9. The molecule has 1 aromatic rings. The summed E-state index contributed by atoms with van der Waals surface area (Å²) in [4.78, 5) is -0.0858. The van der Waals surface area contributed by atoms with Gasteiger partial charge in [-0.25, -0.2) is 13.1 Å². The van der Waals surface area contributed by atoms with Gasteiger partial charge >= 0.3 is 0 Å². The Kier molecular flexibility index (Phi) is 5.41. The first-order chi connectivity index (χ1) is 9.79. The highest BCUT2D eigenvalue weighted by atomic mass is 35.5. The summed E-state index contributed by atoms with van der Waals surface area (Å²) in [6, 6.07) is 2.73. The standard InChI is InChI=1S/C14H20Cl2N2O2S/c1-9-3-2-4-11(6-5-9)18-21(19,20)14-12(15)7-10(17)8-13(14)16/h7-9,11,18H,2-6,17H2,1H3. The van der Waals surface area contributed by atoms with Crippen LogP contribution in [0, 0.1) is 5.92 Å². The molecule has 0 heterocycles. The largest absolute Gasteiger partial charge is 0.399 e. The lowest BCUT2D eigenvalue weighted by Gasteiger charge is -2.18. The van der Waals surface area contributed by atoms with Gasteiger partial charge in [-0.3, -0.25) is 0 Å². The van der Waals surface area contributed by atoms with E-state index in [1.54, 1.807) is 0 Å². The van der Waals surface area contributed by atoms with Crippen LogP contribution in [-0.4, -0.2) is 14.5 Å². The van der Waals surface area contributed by atoms with Crippen molar-refractivity contribution in [2.24, 2.45) is 5.92 Å². The van der Waals surface area contributed by atoms with Crippen molar-refractivity contribution in [2.75, 3.05) is 5.73 Å². The second kappa shape index (κ2) is 6.73. The number of sulfonamides is 1. The molecule has 2 rings (SSSR count). The van der Waals surface area contributed by atoms with E-state index in [0.717, 1.165) is 32.1 Å². The summed E-state index contributed by atoms with van der Waals surface area (Å²) in [5.41, 5.74) is 5.95. The molecule has 0 amide bonds. The number of benzene rings is 1.